The summed E-state index contributed by atoms with van der Waals surface area (Å²) in [6, 6.07) is 1.95. The summed E-state index contributed by atoms with van der Waals surface area (Å²) in [4.78, 5) is 18.7. The van der Waals surface area contributed by atoms with Crippen molar-refractivity contribution in [2.45, 2.75) is 19.3 Å². The molecule has 0 spiro atoms. The van der Waals surface area contributed by atoms with Crippen molar-refractivity contribution in [1.29, 1.82) is 0 Å². The quantitative estimate of drug-likeness (QED) is 0.734. The predicted molar refractivity (Wildman–Crippen MR) is 82.1 cm³/mol. The van der Waals surface area contributed by atoms with E-state index in [1.165, 1.54) is 6.20 Å². The lowest BCUT2D eigenvalue weighted by Crippen LogP contribution is -2.28. The minimum absolute atomic E-state index is 0.0622. The van der Waals surface area contributed by atoms with E-state index in [0.717, 1.165) is 12.0 Å². The van der Waals surface area contributed by atoms with Gasteiger partial charge in [0, 0.05) is 24.4 Å². The van der Waals surface area contributed by atoms with Gasteiger partial charge < -0.3 is 13.9 Å². The van der Waals surface area contributed by atoms with Gasteiger partial charge in [-0.2, -0.15) is 16.3 Å². The van der Waals surface area contributed by atoms with Crippen molar-refractivity contribution in [1.82, 2.24) is 20.2 Å². The first-order valence-corrected chi connectivity index (χ1v) is 8.23. The lowest BCUT2D eigenvalue weighted by atomic mass is 10.1. The predicted octanol–water partition coefficient (Wildman–Crippen LogP) is 2.72. The average molecular weight is 330 g/mol. The average Bonchev–Trinajstić information content (AvgIpc) is 3.31. The lowest BCUT2D eigenvalue weighted by molar-refractivity contribution is 0.0788. The molecule has 0 unspecified atom stereocenters. The number of aromatic nitrogens is 3. The van der Waals surface area contributed by atoms with Crippen LogP contribution in [0.15, 0.2) is 32.1 Å². The molecule has 4 rings (SSSR count). The third kappa shape index (κ3) is 2.55. The van der Waals surface area contributed by atoms with E-state index in [2.05, 4.69) is 15.3 Å². The number of amides is 1. The van der Waals surface area contributed by atoms with Crippen LogP contribution >= 0.6 is 11.3 Å². The molecule has 1 aliphatic heterocycles. The Balaban J connectivity index is 1.48. The second kappa shape index (κ2) is 5.62. The molecular formula is C15H14N4O3S. The van der Waals surface area contributed by atoms with Crippen LogP contribution in [0.1, 0.15) is 34.3 Å². The van der Waals surface area contributed by atoms with Gasteiger partial charge in [-0.1, -0.05) is 10.3 Å². The summed E-state index contributed by atoms with van der Waals surface area (Å²) in [6.45, 7) is 2.97. The van der Waals surface area contributed by atoms with Gasteiger partial charge in [0.2, 0.25) is 0 Å². The summed E-state index contributed by atoms with van der Waals surface area (Å²) in [5.41, 5.74) is 1.44. The van der Waals surface area contributed by atoms with Crippen LogP contribution in [0.25, 0.3) is 11.5 Å². The van der Waals surface area contributed by atoms with Crippen molar-refractivity contribution in [3.8, 4) is 11.5 Å². The highest BCUT2D eigenvalue weighted by atomic mass is 32.1. The Hall–Kier alpha value is -2.48. The number of carbonyl (C=O) groups is 1. The maximum Gasteiger partial charge on any atom is 0.259 e. The molecule has 0 bridgehead atoms. The van der Waals surface area contributed by atoms with Gasteiger partial charge in [-0.05, 0) is 24.8 Å². The minimum Gasteiger partial charge on any atom is -0.361 e. The van der Waals surface area contributed by atoms with Crippen LogP contribution in [-0.2, 0) is 0 Å². The van der Waals surface area contributed by atoms with Gasteiger partial charge in [0.05, 0.1) is 11.8 Å². The molecule has 0 aliphatic carbocycles. The molecule has 1 saturated heterocycles. The first-order chi connectivity index (χ1) is 11.2. The van der Waals surface area contributed by atoms with Gasteiger partial charge in [-0.15, -0.1) is 0 Å². The van der Waals surface area contributed by atoms with Crippen LogP contribution in [0.3, 0.4) is 0 Å². The number of rotatable bonds is 3. The molecule has 7 nitrogen and oxygen atoms in total. The van der Waals surface area contributed by atoms with Gasteiger partial charge in [-0.3, -0.25) is 4.79 Å². The van der Waals surface area contributed by atoms with Crippen molar-refractivity contribution in [3.63, 3.8) is 0 Å². The SMILES string of the molecule is Cc1oncc1C(=O)N1CC[C@@H](c2noc(-c3ccsc3)n2)C1. The molecule has 8 heteroatoms. The molecule has 0 radical (unpaired) electrons. The van der Waals surface area contributed by atoms with Gasteiger partial charge in [0.25, 0.3) is 11.8 Å². The highest BCUT2D eigenvalue weighted by Crippen LogP contribution is 2.29. The molecular weight excluding hydrogens is 316 g/mol. The lowest BCUT2D eigenvalue weighted by Gasteiger charge is -2.14. The third-order valence-electron chi connectivity index (χ3n) is 4.03. The molecule has 0 saturated carbocycles. The van der Waals surface area contributed by atoms with E-state index in [1.807, 2.05) is 16.8 Å². The molecule has 3 aromatic heterocycles. The molecule has 118 valence electrons. The van der Waals surface area contributed by atoms with E-state index >= 15 is 0 Å². The van der Waals surface area contributed by atoms with E-state index in [1.54, 1.807) is 23.2 Å². The summed E-state index contributed by atoms with van der Waals surface area (Å²) >= 11 is 1.58. The first-order valence-electron chi connectivity index (χ1n) is 7.29. The second-order valence-corrected chi connectivity index (χ2v) is 6.28. The largest absolute Gasteiger partial charge is 0.361 e. The Bertz CT molecular complexity index is 824. The number of carbonyl (C=O) groups excluding carboxylic acids is 1. The number of hydrogen-bond acceptors (Lipinski definition) is 7. The van der Waals surface area contributed by atoms with Gasteiger partial charge >= 0.3 is 0 Å². The molecule has 0 N–H and O–H groups in total. The van der Waals surface area contributed by atoms with Crippen LogP contribution in [0.4, 0.5) is 0 Å². The van der Waals surface area contributed by atoms with E-state index in [0.29, 0.717) is 36.1 Å². The summed E-state index contributed by atoms with van der Waals surface area (Å²) in [6.07, 6.45) is 2.28. The molecule has 0 aromatic carbocycles. The number of hydrogen-bond donors (Lipinski definition) is 0. The van der Waals surface area contributed by atoms with Crippen LogP contribution in [0.5, 0.6) is 0 Å². The van der Waals surface area contributed by atoms with E-state index in [9.17, 15) is 4.79 Å². The second-order valence-electron chi connectivity index (χ2n) is 5.50. The zero-order valence-corrected chi connectivity index (χ0v) is 13.2. The van der Waals surface area contributed by atoms with Crippen LogP contribution in [0, 0.1) is 6.92 Å². The number of nitrogens with zero attached hydrogens (tertiary/aromatic N) is 4. The third-order valence-corrected chi connectivity index (χ3v) is 4.71. The molecule has 1 atom stereocenters. The standard InChI is InChI=1S/C15H14N4O3S/c1-9-12(6-16-21-9)15(20)19-4-2-10(7-19)13-17-14(22-18-13)11-3-5-23-8-11/h3,5-6,8,10H,2,4,7H2,1H3/t10-/m1/s1. The fraction of sp³-hybridized carbons (Fsp3) is 0.333. The first kappa shape index (κ1) is 14.1. The number of thiophene rings is 1. The Morgan fingerprint density at radius 3 is 3.09 bits per heavy atom. The van der Waals surface area contributed by atoms with Crippen LogP contribution in [-0.4, -0.2) is 39.2 Å². The van der Waals surface area contributed by atoms with Crippen molar-refractivity contribution in [2.75, 3.05) is 13.1 Å². The van der Waals surface area contributed by atoms with Crippen molar-refractivity contribution < 1.29 is 13.8 Å². The van der Waals surface area contributed by atoms with Gasteiger partial charge in [0.15, 0.2) is 5.82 Å². The Kier molecular flexibility index (Phi) is 3.45. The monoisotopic (exact) mass is 330 g/mol. The smallest absolute Gasteiger partial charge is 0.259 e. The summed E-state index contributed by atoms with van der Waals surface area (Å²) in [5, 5.41) is 11.7. The Morgan fingerprint density at radius 2 is 2.35 bits per heavy atom. The summed E-state index contributed by atoms with van der Waals surface area (Å²) in [7, 11) is 0. The number of likely N-dealkylation sites (tertiary alicyclic amines) is 1. The minimum atomic E-state index is -0.0622. The number of aryl methyl sites for hydroxylation is 1. The van der Waals surface area contributed by atoms with Gasteiger partial charge in [0.1, 0.15) is 11.3 Å². The highest BCUT2D eigenvalue weighted by Gasteiger charge is 2.32. The molecule has 1 fully saturated rings. The van der Waals surface area contributed by atoms with Gasteiger partial charge in [-0.25, -0.2) is 0 Å². The summed E-state index contributed by atoms with van der Waals surface area (Å²) < 4.78 is 10.3. The zero-order valence-electron chi connectivity index (χ0n) is 12.4. The molecule has 3 aromatic rings. The zero-order chi connectivity index (χ0) is 15.8. The highest BCUT2D eigenvalue weighted by molar-refractivity contribution is 7.08. The maximum absolute atomic E-state index is 12.5. The van der Waals surface area contributed by atoms with Crippen molar-refractivity contribution >= 4 is 17.2 Å². The van der Waals surface area contributed by atoms with E-state index in [-0.39, 0.29) is 11.8 Å². The normalized spacial score (nSPS) is 17.8. The maximum atomic E-state index is 12.5. The van der Waals surface area contributed by atoms with E-state index in [4.69, 9.17) is 9.05 Å². The Labute approximate surface area is 135 Å². The topological polar surface area (TPSA) is 85.3 Å². The van der Waals surface area contributed by atoms with Crippen LogP contribution < -0.4 is 0 Å². The fourth-order valence-corrected chi connectivity index (χ4v) is 3.36. The molecule has 23 heavy (non-hydrogen) atoms. The molecule has 1 aliphatic rings. The molecule has 1 amide bonds. The molecule has 4 heterocycles. The fourth-order valence-electron chi connectivity index (χ4n) is 2.73. The van der Waals surface area contributed by atoms with E-state index < -0.39 is 0 Å². The van der Waals surface area contributed by atoms with Crippen molar-refractivity contribution in [3.05, 3.63) is 40.2 Å². The van der Waals surface area contributed by atoms with Crippen LogP contribution in [0.2, 0.25) is 0 Å². The summed E-state index contributed by atoms with van der Waals surface area (Å²) in [5.74, 6) is 1.75. The Morgan fingerprint density at radius 1 is 1.43 bits per heavy atom. The van der Waals surface area contributed by atoms with Crippen molar-refractivity contribution in [2.24, 2.45) is 0 Å².